The minimum absolute atomic E-state index is 0.00113. The third-order valence-electron chi connectivity index (χ3n) is 3.64. The van der Waals surface area contributed by atoms with Gasteiger partial charge in [-0.15, -0.1) is 0 Å². The van der Waals surface area contributed by atoms with Crippen molar-refractivity contribution in [1.29, 1.82) is 0 Å². The van der Waals surface area contributed by atoms with Crippen molar-refractivity contribution in [2.45, 2.75) is 25.9 Å². The van der Waals surface area contributed by atoms with E-state index in [2.05, 4.69) is 5.32 Å². The molecule has 5 heteroatoms. The predicted octanol–water partition coefficient (Wildman–Crippen LogP) is 1.92. The maximum absolute atomic E-state index is 13.5. The molecule has 0 aromatic heterocycles. The largest absolute Gasteiger partial charge is 0.341 e. The summed E-state index contributed by atoms with van der Waals surface area (Å²) in [7, 11) is 1.65. The maximum Gasteiger partial charge on any atom is 0.227 e. The van der Waals surface area contributed by atoms with E-state index in [1.807, 2.05) is 6.92 Å². The van der Waals surface area contributed by atoms with E-state index in [9.17, 15) is 13.6 Å². The molecule has 0 saturated carbocycles. The summed E-state index contributed by atoms with van der Waals surface area (Å²) in [6, 6.07) is 3.57. The van der Waals surface area contributed by atoms with Crippen LogP contribution < -0.4 is 5.32 Å². The van der Waals surface area contributed by atoms with Gasteiger partial charge in [-0.3, -0.25) is 4.79 Å². The summed E-state index contributed by atoms with van der Waals surface area (Å²) in [6.45, 7) is 2.96. The number of benzene rings is 1. The molecular formula is C14H18F2N2O. The van der Waals surface area contributed by atoms with Crippen LogP contribution in [0.4, 0.5) is 8.78 Å². The number of nitrogens with zero attached hydrogens (tertiary/aromatic N) is 1. The summed E-state index contributed by atoms with van der Waals surface area (Å²) in [5.41, 5.74) is 0.329. The Labute approximate surface area is 111 Å². The van der Waals surface area contributed by atoms with Crippen LogP contribution in [0.25, 0.3) is 0 Å². The molecule has 104 valence electrons. The van der Waals surface area contributed by atoms with Crippen molar-refractivity contribution in [1.82, 2.24) is 10.2 Å². The number of rotatable bonds is 3. The monoisotopic (exact) mass is 268 g/mol. The second-order valence-corrected chi connectivity index (χ2v) is 5.07. The normalized spacial score (nSPS) is 22.5. The summed E-state index contributed by atoms with van der Waals surface area (Å²) in [6.07, 6.45) is 0.802. The highest BCUT2D eigenvalue weighted by Crippen LogP contribution is 2.19. The second-order valence-electron chi connectivity index (χ2n) is 5.07. The van der Waals surface area contributed by atoms with Crippen molar-refractivity contribution in [2.75, 3.05) is 13.6 Å². The highest BCUT2D eigenvalue weighted by atomic mass is 19.1. The first-order chi connectivity index (χ1) is 8.99. The molecule has 1 amide bonds. The van der Waals surface area contributed by atoms with E-state index in [1.54, 1.807) is 7.05 Å². The Bertz CT molecular complexity index is 479. The lowest BCUT2D eigenvalue weighted by Crippen LogP contribution is -2.37. The number of carbonyl (C=O) groups excluding carboxylic acids is 1. The lowest BCUT2D eigenvalue weighted by Gasteiger charge is -2.23. The van der Waals surface area contributed by atoms with Gasteiger partial charge < -0.3 is 10.2 Å². The van der Waals surface area contributed by atoms with Crippen molar-refractivity contribution < 1.29 is 13.6 Å². The van der Waals surface area contributed by atoms with Crippen molar-refractivity contribution in [3.05, 3.63) is 35.4 Å². The first kappa shape index (κ1) is 13.9. The highest BCUT2D eigenvalue weighted by molar-refractivity contribution is 5.79. The Morgan fingerprint density at radius 2 is 2.21 bits per heavy atom. The van der Waals surface area contributed by atoms with Gasteiger partial charge in [0.05, 0.1) is 5.92 Å². The quantitative estimate of drug-likeness (QED) is 0.908. The topological polar surface area (TPSA) is 32.3 Å². The fourth-order valence-corrected chi connectivity index (χ4v) is 2.46. The van der Waals surface area contributed by atoms with Crippen LogP contribution in [0.5, 0.6) is 0 Å². The first-order valence-corrected chi connectivity index (χ1v) is 6.41. The number of nitrogens with one attached hydrogen (secondary N) is 1. The van der Waals surface area contributed by atoms with Gasteiger partial charge in [0.2, 0.25) is 5.91 Å². The Morgan fingerprint density at radius 1 is 1.47 bits per heavy atom. The highest BCUT2D eigenvalue weighted by Gasteiger charge is 2.31. The lowest BCUT2D eigenvalue weighted by molar-refractivity contribution is -0.134. The number of hydrogen-bond donors (Lipinski definition) is 1. The van der Waals surface area contributed by atoms with E-state index >= 15 is 0 Å². The van der Waals surface area contributed by atoms with Gasteiger partial charge in [0, 0.05) is 31.3 Å². The van der Waals surface area contributed by atoms with Gasteiger partial charge in [0.1, 0.15) is 11.6 Å². The molecular weight excluding hydrogens is 250 g/mol. The molecule has 0 spiro atoms. The summed E-state index contributed by atoms with van der Waals surface area (Å²) < 4.78 is 26.3. The molecule has 1 aliphatic rings. The molecule has 0 aliphatic carbocycles. The van der Waals surface area contributed by atoms with Crippen molar-refractivity contribution in [3.63, 3.8) is 0 Å². The third kappa shape index (κ3) is 3.10. The van der Waals surface area contributed by atoms with Crippen molar-refractivity contribution in [3.8, 4) is 0 Å². The molecule has 0 radical (unpaired) electrons. The second kappa shape index (κ2) is 5.65. The molecule has 1 aromatic carbocycles. The number of amides is 1. The van der Waals surface area contributed by atoms with Crippen LogP contribution in [0, 0.1) is 17.6 Å². The van der Waals surface area contributed by atoms with Gasteiger partial charge in [-0.1, -0.05) is 6.07 Å². The zero-order valence-electron chi connectivity index (χ0n) is 11.1. The van der Waals surface area contributed by atoms with E-state index in [0.717, 1.165) is 19.0 Å². The van der Waals surface area contributed by atoms with E-state index in [0.29, 0.717) is 5.56 Å². The zero-order chi connectivity index (χ0) is 14.0. The van der Waals surface area contributed by atoms with Gasteiger partial charge in [-0.2, -0.15) is 0 Å². The van der Waals surface area contributed by atoms with Crippen molar-refractivity contribution in [2.24, 2.45) is 5.92 Å². The summed E-state index contributed by atoms with van der Waals surface area (Å²) in [4.78, 5) is 13.7. The maximum atomic E-state index is 13.5. The Balaban J connectivity index is 2.04. The van der Waals surface area contributed by atoms with Crippen LogP contribution >= 0.6 is 0 Å². The fourth-order valence-electron chi connectivity index (χ4n) is 2.46. The Morgan fingerprint density at radius 3 is 2.79 bits per heavy atom. The first-order valence-electron chi connectivity index (χ1n) is 6.41. The zero-order valence-corrected chi connectivity index (χ0v) is 11.1. The average molecular weight is 268 g/mol. The lowest BCUT2D eigenvalue weighted by atomic mass is 10.0. The minimum Gasteiger partial charge on any atom is -0.341 e. The Hall–Kier alpha value is -1.49. The van der Waals surface area contributed by atoms with E-state index in [-0.39, 0.29) is 24.4 Å². The predicted molar refractivity (Wildman–Crippen MR) is 68.4 cm³/mol. The molecule has 1 fully saturated rings. The smallest absolute Gasteiger partial charge is 0.227 e. The van der Waals surface area contributed by atoms with E-state index < -0.39 is 11.6 Å². The molecule has 0 bridgehead atoms. The molecule has 1 aromatic rings. The van der Waals surface area contributed by atoms with Crippen molar-refractivity contribution >= 4 is 5.91 Å². The minimum atomic E-state index is -0.614. The molecule has 19 heavy (non-hydrogen) atoms. The standard InChI is InChI=1S/C14H18F2N2O/c1-9-12(5-6-17-9)14(19)18(2)8-10-3-4-11(15)7-13(10)16/h3-4,7,9,12,17H,5-6,8H2,1-2H3. The van der Waals surface area contributed by atoms with Crippen LogP contribution in [0.1, 0.15) is 18.9 Å². The SMILES string of the molecule is CC1NCCC1C(=O)N(C)Cc1ccc(F)cc1F. The molecule has 3 nitrogen and oxygen atoms in total. The van der Waals surface area contributed by atoms with Crippen LogP contribution in [-0.2, 0) is 11.3 Å². The molecule has 1 aliphatic heterocycles. The molecule has 2 rings (SSSR count). The molecule has 2 atom stereocenters. The molecule has 2 unspecified atom stereocenters. The number of hydrogen-bond acceptors (Lipinski definition) is 2. The van der Waals surface area contributed by atoms with Crippen LogP contribution in [0.3, 0.4) is 0 Å². The summed E-state index contributed by atoms with van der Waals surface area (Å²) >= 11 is 0. The molecule has 1 saturated heterocycles. The van der Waals surface area contributed by atoms with Crippen LogP contribution in [0.15, 0.2) is 18.2 Å². The van der Waals surface area contributed by atoms with Crippen LogP contribution in [-0.4, -0.2) is 30.4 Å². The Kier molecular flexibility index (Phi) is 4.14. The molecule has 1 heterocycles. The third-order valence-corrected chi connectivity index (χ3v) is 3.64. The van der Waals surface area contributed by atoms with E-state index in [4.69, 9.17) is 0 Å². The van der Waals surface area contributed by atoms with Gasteiger partial charge in [0.15, 0.2) is 0 Å². The molecule has 1 N–H and O–H groups in total. The summed E-state index contributed by atoms with van der Waals surface area (Å²) in [5.74, 6) is -1.28. The van der Waals surface area contributed by atoms with Gasteiger partial charge in [-0.25, -0.2) is 8.78 Å². The summed E-state index contributed by atoms with van der Waals surface area (Å²) in [5, 5.41) is 3.22. The number of halogens is 2. The van der Waals surface area contributed by atoms with E-state index in [1.165, 1.54) is 17.0 Å². The fraction of sp³-hybridized carbons (Fsp3) is 0.500. The van der Waals surface area contributed by atoms with Gasteiger partial charge in [0.25, 0.3) is 0 Å². The average Bonchev–Trinajstić information content (AvgIpc) is 2.78. The van der Waals surface area contributed by atoms with Gasteiger partial charge in [-0.05, 0) is 26.0 Å². The number of carbonyl (C=O) groups is 1. The van der Waals surface area contributed by atoms with Crippen LogP contribution in [0.2, 0.25) is 0 Å². The van der Waals surface area contributed by atoms with Gasteiger partial charge >= 0.3 is 0 Å².